The third kappa shape index (κ3) is 2.04. The molecule has 3 heteroatoms. The highest BCUT2D eigenvalue weighted by Gasteiger charge is 2.07. The van der Waals surface area contributed by atoms with E-state index in [4.69, 9.17) is 5.26 Å². The lowest BCUT2D eigenvalue weighted by Crippen LogP contribution is -1.95. The molecule has 19 heavy (non-hydrogen) atoms. The third-order valence-electron chi connectivity index (χ3n) is 3.02. The van der Waals surface area contributed by atoms with Crippen molar-refractivity contribution in [3.63, 3.8) is 0 Å². The van der Waals surface area contributed by atoms with Gasteiger partial charge in [-0.05, 0) is 17.7 Å². The number of nitriles is 1. The summed E-state index contributed by atoms with van der Waals surface area (Å²) in [5.41, 5.74) is 2.22. The van der Waals surface area contributed by atoms with E-state index in [2.05, 4.69) is 34.2 Å². The highest BCUT2D eigenvalue weighted by Crippen LogP contribution is 2.27. The molecular weight excluding hydrogens is 234 g/mol. The molecule has 0 saturated carbocycles. The summed E-state index contributed by atoms with van der Waals surface area (Å²) in [6.45, 7) is 1.80. The van der Waals surface area contributed by atoms with Crippen molar-refractivity contribution in [2.45, 2.75) is 6.92 Å². The molecule has 0 aliphatic carbocycles. The molecule has 90 valence electrons. The van der Waals surface area contributed by atoms with Gasteiger partial charge >= 0.3 is 0 Å². The van der Waals surface area contributed by atoms with E-state index in [1.807, 2.05) is 24.3 Å². The van der Waals surface area contributed by atoms with Gasteiger partial charge in [0.1, 0.15) is 17.6 Å². The Morgan fingerprint density at radius 2 is 1.79 bits per heavy atom. The molecule has 0 aliphatic heterocycles. The second kappa shape index (κ2) is 4.51. The van der Waals surface area contributed by atoms with Crippen LogP contribution >= 0.6 is 0 Å². The summed E-state index contributed by atoms with van der Waals surface area (Å²) in [7, 11) is 0. The summed E-state index contributed by atoms with van der Waals surface area (Å²) in [5, 5.41) is 11.3. The molecule has 0 N–H and O–H groups in total. The Labute approximate surface area is 111 Å². The average Bonchev–Trinajstić information content (AvgIpc) is 2.46. The van der Waals surface area contributed by atoms with Crippen molar-refractivity contribution in [3.8, 4) is 17.3 Å². The summed E-state index contributed by atoms with van der Waals surface area (Å²) in [4.78, 5) is 8.53. The number of fused-ring (bicyclic) bond motifs is 1. The van der Waals surface area contributed by atoms with Crippen LogP contribution in [0, 0.1) is 18.3 Å². The number of benzene rings is 2. The minimum atomic E-state index is 0.399. The van der Waals surface area contributed by atoms with Gasteiger partial charge in [0.05, 0.1) is 5.69 Å². The molecule has 0 unspecified atom stereocenters. The minimum Gasteiger partial charge on any atom is -0.233 e. The molecule has 1 heterocycles. The van der Waals surface area contributed by atoms with Crippen LogP contribution in [0.15, 0.2) is 48.5 Å². The van der Waals surface area contributed by atoms with E-state index in [1.54, 1.807) is 13.0 Å². The molecule has 3 rings (SSSR count). The molecule has 0 atom stereocenters. The highest BCUT2D eigenvalue weighted by molar-refractivity contribution is 5.95. The number of hydrogen-bond acceptors (Lipinski definition) is 3. The molecule has 2 aromatic carbocycles. The Bertz CT molecular complexity index is 795. The number of aromatic nitrogens is 2. The van der Waals surface area contributed by atoms with E-state index in [9.17, 15) is 0 Å². The maximum Gasteiger partial charge on any atom is 0.144 e. The van der Waals surface area contributed by atoms with Crippen molar-refractivity contribution in [1.29, 1.82) is 5.26 Å². The molecule has 0 amide bonds. The van der Waals surface area contributed by atoms with E-state index >= 15 is 0 Å². The van der Waals surface area contributed by atoms with E-state index < -0.39 is 0 Å². The fourth-order valence-electron chi connectivity index (χ4n) is 2.21. The third-order valence-corrected chi connectivity index (χ3v) is 3.02. The van der Waals surface area contributed by atoms with Gasteiger partial charge in [-0.15, -0.1) is 0 Å². The summed E-state index contributed by atoms with van der Waals surface area (Å²) < 4.78 is 0. The first-order valence-electron chi connectivity index (χ1n) is 6.02. The first-order chi connectivity index (χ1) is 9.28. The van der Waals surface area contributed by atoms with Gasteiger partial charge in [-0.2, -0.15) is 5.26 Å². The Morgan fingerprint density at radius 1 is 1.00 bits per heavy atom. The zero-order chi connectivity index (χ0) is 13.2. The lowest BCUT2D eigenvalue weighted by atomic mass is 10.0. The summed E-state index contributed by atoms with van der Waals surface area (Å²) in [6.07, 6.45) is 0. The largest absolute Gasteiger partial charge is 0.233 e. The average molecular weight is 245 g/mol. The van der Waals surface area contributed by atoms with Crippen LogP contribution in [0.1, 0.15) is 11.5 Å². The van der Waals surface area contributed by atoms with Gasteiger partial charge in [-0.1, -0.05) is 42.5 Å². The van der Waals surface area contributed by atoms with E-state index in [1.165, 1.54) is 0 Å². The predicted molar refractivity (Wildman–Crippen MR) is 74.4 cm³/mol. The normalized spacial score (nSPS) is 10.3. The number of aryl methyl sites for hydroxylation is 1. The Hall–Kier alpha value is -2.73. The molecule has 0 saturated heterocycles. The number of nitrogens with zero attached hydrogens (tertiary/aromatic N) is 3. The number of rotatable bonds is 1. The van der Waals surface area contributed by atoms with Gasteiger partial charge in [-0.3, -0.25) is 0 Å². The van der Waals surface area contributed by atoms with Crippen molar-refractivity contribution >= 4 is 10.8 Å². The van der Waals surface area contributed by atoms with Crippen molar-refractivity contribution in [2.75, 3.05) is 0 Å². The second-order valence-corrected chi connectivity index (χ2v) is 4.32. The molecule has 1 aromatic heterocycles. The van der Waals surface area contributed by atoms with Crippen LogP contribution in [0.2, 0.25) is 0 Å². The van der Waals surface area contributed by atoms with E-state index in [0.29, 0.717) is 11.5 Å². The molecule has 0 radical (unpaired) electrons. The van der Waals surface area contributed by atoms with Crippen molar-refractivity contribution < 1.29 is 0 Å². The van der Waals surface area contributed by atoms with Gasteiger partial charge in [0, 0.05) is 11.6 Å². The van der Waals surface area contributed by atoms with Crippen LogP contribution in [-0.4, -0.2) is 9.97 Å². The van der Waals surface area contributed by atoms with Crippen LogP contribution in [-0.2, 0) is 0 Å². The SMILES string of the molecule is Cc1nc(C#N)cc(-c2cccc3ccccc23)n1. The zero-order valence-corrected chi connectivity index (χ0v) is 10.5. The first kappa shape index (κ1) is 11.4. The van der Waals surface area contributed by atoms with Crippen LogP contribution < -0.4 is 0 Å². The standard InChI is InChI=1S/C16H11N3/c1-11-18-13(10-17)9-16(19-11)15-8-4-6-12-5-2-3-7-14(12)15/h2-9H,1H3. The van der Waals surface area contributed by atoms with E-state index in [-0.39, 0.29) is 0 Å². The smallest absolute Gasteiger partial charge is 0.144 e. The second-order valence-electron chi connectivity index (χ2n) is 4.32. The maximum atomic E-state index is 9.01. The fraction of sp³-hybridized carbons (Fsp3) is 0.0625. The lowest BCUT2D eigenvalue weighted by Gasteiger charge is -2.06. The Morgan fingerprint density at radius 3 is 2.63 bits per heavy atom. The van der Waals surface area contributed by atoms with Crippen molar-refractivity contribution in [2.24, 2.45) is 0 Å². The van der Waals surface area contributed by atoms with E-state index in [0.717, 1.165) is 22.0 Å². The first-order valence-corrected chi connectivity index (χ1v) is 6.02. The highest BCUT2D eigenvalue weighted by atomic mass is 14.9. The summed E-state index contributed by atoms with van der Waals surface area (Å²) >= 11 is 0. The Kier molecular flexibility index (Phi) is 2.70. The molecule has 0 aliphatic rings. The maximum absolute atomic E-state index is 9.01. The van der Waals surface area contributed by atoms with Gasteiger partial charge in [0.2, 0.25) is 0 Å². The van der Waals surface area contributed by atoms with Crippen molar-refractivity contribution in [3.05, 3.63) is 60.0 Å². The fourth-order valence-corrected chi connectivity index (χ4v) is 2.21. The van der Waals surface area contributed by atoms with Crippen molar-refractivity contribution in [1.82, 2.24) is 9.97 Å². The van der Waals surface area contributed by atoms with Gasteiger partial charge in [-0.25, -0.2) is 9.97 Å². The summed E-state index contributed by atoms with van der Waals surface area (Å²) in [6, 6.07) is 18.0. The molecule has 0 bridgehead atoms. The monoisotopic (exact) mass is 245 g/mol. The van der Waals surface area contributed by atoms with Crippen LogP contribution in [0.5, 0.6) is 0 Å². The molecule has 3 aromatic rings. The molecule has 3 nitrogen and oxygen atoms in total. The lowest BCUT2D eigenvalue weighted by molar-refractivity contribution is 1.04. The Balaban J connectivity index is 2.31. The topological polar surface area (TPSA) is 49.6 Å². The molecule has 0 fully saturated rings. The van der Waals surface area contributed by atoms with Crippen LogP contribution in [0.4, 0.5) is 0 Å². The van der Waals surface area contributed by atoms with Gasteiger partial charge < -0.3 is 0 Å². The number of hydrogen-bond donors (Lipinski definition) is 0. The minimum absolute atomic E-state index is 0.399. The molecule has 0 spiro atoms. The van der Waals surface area contributed by atoms with Gasteiger partial charge in [0.15, 0.2) is 0 Å². The zero-order valence-electron chi connectivity index (χ0n) is 10.5. The van der Waals surface area contributed by atoms with Crippen LogP contribution in [0.3, 0.4) is 0 Å². The molecular formula is C16H11N3. The quantitative estimate of drug-likeness (QED) is 0.659. The predicted octanol–water partition coefficient (Wildman–Crippen LogP) is 3.48. The van der Waals surface area contributed by atoms with Crippen LogP contribution in [0.25, 0.3) is 22.0 Å². The van der Waals surface area contributed by atoms with Gasteiger partial charge in [0.25, 0.3) is 0 Å². The summed E-state index contributed by atoms with van der Waals surface area (Å²) in [5.74, 6) is 0.613.